The predicted octanol–water partition coefficient (Wildman–Crippen LogP) is 3.47. The zero-order valence-corrected chi connectivity index (χ0v) is 14.9. The molecule has 0 saturated heterocycles. The van der Waals surface area contributed by atoms with Gasteiger partial charge in [0.25, 0.3) is 5.91 Å². The molecule has 1 aromatic carbocycles. The zero-order valence-electron chi connectivity index (χ0n) is 14.9. The molecule has 0 aliphatic heterocycles. The maximum Gasteiger partial charge on any atom is 0.303 e. The van der Waals surface area contributed by atoms with Crippen LogP contribution in [0.1, 0.15) is 54.6 Å². The monoisotopic (exact) mass is 361 g/mol. The van der Waals surface area contributed by atoms with Crippen LogP contribution in [0.4, 0.5) is 4.39 Å². The van der Waals surface area contributed by atoms with Gasteiger partial charge in [0, 0.05) is 13.0 Å². The summed E-state index contributed by atoms with van der Waals surface area (Å²) in [6.07, 6.45) is 5.95. The number of hydrogen-bond acceptors (Lipinski definition) is 3. The van der Waals surface area contributed by atoms with Gasteiger partial charge in [0.2, 0.25) is 0 Å². The lowest BCUT2D eigenvalue weighted by atomic mass is 10.1. The highest BCUT2D eigenvalue weighted by atomic mass is 19.1. The molecule has 0 aliphatic carbocycles. The molecule has 6 nitrogen and oxygen atoms in total. The Labute approximate surface area is 152 Å². The van der Waals surface area contributed by atoms with Gasteiger partial charge in [-0.3, -0.25) is 9.59 Å². The van der Waals surface area contributed by atoms with Crippen molar-refractivity contribution < 1.29 is 19.1 Å². The number of rotatable bonds is 10. The number of halogens is 1. The van der Waals surface area contributed by atoms with Crippen molar-refractivity contribution in [1.82, 2.24) is 15.1 Å². The molecule has 7 heteroatoms. The van der Waals surface area contributed by atoms with Crippen molar-refractivity contribution in [1.29, 1.82) is 0 Å². The fraction of sp³-hybridized carbons (Fsp3) is 0.421. The van der Waals surface area contributed by atoms with E-state index in [0.717, 1.165) is 25.7 Å². The minimum Gasteiger partial charge on any atom is -0.481 e. The molecule has 1 amide bonds. The molecule has 0 atom stereocenters. The molecule has 0 radical (unpaired) electrons. The number of unbranched alkanes of at least 4 members (excludes halogenated alkanes) is 4. The number of carboxylic acid groups (broad SMARTS) is 1. The third-order valence-electron chi connectivity index (χ3n) is 4.19. The largest absolute Gasteiger partial charge is 0.481 e. The number of aliphatic carboxylic acids is 1. The van der Waals surface area contributed by atoms with E-state index in [0.29, 0.717) is 29.9 Å². The first kappa shape index (κ1) is 19.6. The van der Waals surface area contributed by atoms with Gasteiger partial charge in [-0.2, -0.15) is 5.10 Å². The highest BCUT2D eigenvalue weighted by Crippen LogP contribution is 2.17. The molecule has 1 heterocycles. The molecular weight excluding hydrogens is 337 g/mol. The molecule has 26 heavy (non-hydrogen) atoms. The van der Waals surface area contributed by atoms with Crippen LogP contribution in [0.15, 0.2) is 30.5 Å². The van der Waals surface area contributed by atoms with Crippen molar-refractivity contribution in [2.75, 3.05) is 6.54 Å². The smallest absolute Gasteiger partial charge is 0.303 e. The molecule has 2 N–H and O–H groups in total. The SMILES string of the molecule is Cc1c(C(=O)NCCCCCCCC(=O)O)cnn1-c1ccccc1F. The number of carbonyl (C=O) groups excluding carboxylic acids is 1. The van der Waals surface area contributed by atoms with E-state index in [4.69, 9.17) is 5.11 Å². The number of carbonyl (C=O) groups is 2. The average Bonchev–Trinajstić information content (AvgIpc) is 2.98. The summed E-state index contributed by atoms with van der Waals surface area (Å²) in [5, 5.41) is 15.5. The molecular formula is C19H24FN3O3. The Morgan fingerprint density at radius 3 is 2.58 bits per heavy atom. The second-order valence-electron chi connectivity index (χ2n) is 6.17. The summed E-state index contributed by atoms with van der Waals surface area (Å²) in [6.45, 7) is 2.28. The lowest BCUT2D eigenvalue weighted by Crippen LogP contribution is -2.24. The predicted molar refractivity (Wildman–Crippen MR) is 95.9 cm³/mol. The van der Waals surface area contributed by atoms with Crippen LogP contribution in [0.3, 0.4) is 0 Å². The lowest BCUT2D eigenvalue weighted by Gasteiger charge is -2.07. The van der Waals surface area contributed by atoms with Crippen LogP contribution in [0.5, 0.6) is 0 Å². The van der Waals surface area contributed by atoms with Gasteiger partial charge in [0.05, 0.1) is 17.5 Å². The Morgan fingerprint density at radius 2 is 1.85 bits per heavy atom. The molecule has 140 valence electrons. The Kier molecular flexibility index (Phi) is 7.32. The number of aromatic nitrogens is 2. The van der Waals surface area contributed by atoms with Crippen molar-refractivity contribution in [2.45, 2.75) is 45.4 Å². The van der Waals surface area contributed by atoms with Crippen molar-refractivity contribution in [3.63, 3.8) is 0 Å². The van der Waals surface area contributed by atoms with Gasteiger partial charge in [0.1, 0.15) is 11.5 Å². The van der Waals surface area contributed by atoms with Crippen molar-refractivity contribution >= 4 is 11.9 Å². The summed E-state index contributed by atoms with van der Waals surface area (Å²) in [5.41, 5.74) is 1.32. The quantitative estimate of drug-likeness (QED) is 0.635. The van der Waals surface area contributed by atoms with Crippen LogP contribution in [0.2, 0.25) is 0 Å². The van der Waals surface area contributed by atoms with E-state index in [-0.39, 0.29) is 12.3 Å². The average molecular weight is 361 g/mol. The summed E-state index contributed by atoms with van der Waals surface area (Å²) in [7, 11) is 0. The molecule has 2 aromatic rings. The summed E-state index contributed by atoms with van der Waals surface area (Å²) >= 11 is 0. The Morgan fingerprint density at radius 1 is 1.15 bits per heavy atom. The number of carboxylic acids is 1. The van der Waals surface area contributed by atoms with Gasteiger partial charge in [0.15, 0.2) is 0 Å². The van der Waals surface area contributed by atoms with E-state index in [1.165, 1.54) is 16.9 Å². The normalized spacial score (nSPS) is 10.7. The number of hydrogen-bond donors (Lipinski definition) is 2. The van der Waals surface area contributed by atoms with Crippen LogP contribution >= 0.6 is 0 Å². The first-order valence-electron chi connectivity index (χ1n) is 8.80. The Bertz CT molecular complexity index is 758. The maximum atomic E-state index is 13.9. The van der Waals surface area contributed by atoms with Gasteiger partial charge in [-0.25, -0.2) is 9.07 Å². The minimum absolute atomic E-state index is 0.210. The van der Waals surface area contributed by atoms with Crippen molar-refractivity contribution in [2.24, 2.45) is 0 Å². The maximum absolute atomic E-state index is 13.9. The molecule has 0 aliphatic rings. The van der Waals surface area contributed by atoms with E-state index < -0.39 is 11.8 Å². The van der Waals surface area contributed by atoms with Crippen LogP contribution < -0.4 is 5.32 Å². The number of amides is 1. The Hall–Kier alpha value is -2.70. The summed E-state index contributed by atoms with van der Waals surface area (Å²) in [4.78, 5) is 22.7. The summed E-state index contributed by atoms with van der Waals surface area (Å²) in [5.74, 6) is -1.38. The first-order valence-corrected chi connectivity index (χ1v) is 8.80. The topological polar surface area (TPSA) is 84.2 Å². The summed E-state index contributed by atoms with van der Waals surface area (Å²) < 4.78 is 15.3. The van der Waals surface area contributed by atoms with E-state index in [2.05, 4.69) is 10.4 Å². The third kappa shape index (κ3) is 5.40. The van der Waals surface area contributed by atoms with E-state index in [1.807, 2.05) is 0 Å². The van der Waals surface area contributed by atoms with Gasteiger partial charge in [-0.05, 0) is 31.9 Å². The van der Waals surface area contributed by atoms with Crippen LogP contribution in [0.25, 0.3) is 5.69 Å². The molecule has 0 saturated carbocycles. The molecule has 1 aromatic heterocycles. The van der Waals surface area contributed by atoms with Crippen molar-refractivity contribution in [3.05, 3.63) is 47.5 Å². The number of benzene rings is 1. The van der Waals surface area contributed by atoms with Gasteiger partial charge >= 0.3 is 5.97 Å². The highest BCUT2D eigenvalue weighted by molar-refractivity contribution is 5.95. The van der Waals surface area contributed by atoms with E-state index in [9.17, 15) is 14.0 Å². The van der Waals surface area contributed by atoms with E-state index in [1.54, 1.807) is 25.1 Å². The van der Waals surface area contributed by atoms with Crippen molar-refractivity contribution in [3.8, 4) is 5.69 Å². The Balaban J connectivity index is 1.78. The molecule has 0 spiro atoms. The fourth-order valence-electron chi connectivity index (χ4n) is 2.73. The molecule has 0 bridgehead atoms. The third-order valence-corrected chi connectivity index (χ3v) is 4.19. The summed E-state index contributed by atoms with van der Waals surface area (Å²) in [6, 6.07) is 6.29. The number of para-hydroxylation sites is 1. The van der Waals surface area contributed by atoms with Gasteiger partial charge < -0.3 is 10.4 Å². The number of nitrogens with zero attached hydrogens (tertiary/aromatic N) is 2. The molecule has 0 fully saturated rings. The zero-order chi connectivity index (χ0) is 18.9. The van der Waals surface area contributed by atoms with Gasteiger partial charge in [-0.1, -0.05) is 31.4 Å². The fourth-order valence-corrected chi connectivity index (χ4v) is 2.73. The minimum atomic E-state index is -0.761. The van der Waals surface area contributed by atoms with Crippen LogP contribution in [0, 0.1) is 12.7 Å². The first-order chi connectivity index (χ1) is 12.5. The second kappa shape index (κ2) is 9.70. The van der Waals surface area contributed by atoms with Crippen LogP contribution in [-0.2, 0) is 4.79 Å². The second-order valence-corrected chi connectivity index (χ2v) is 6.17. The number of nitrogens with one attached hydrogen (secondary N) is 1. The van der Waals surface area contributed by atoms with Gasteiger partial charge in [-0.15, -0.1) is 0 Å². The molecule has 0 unspecified atom stereocenters. The molecule has 2 rings (SSSR count). The highest BCUT2D eigenvalue weighted by Gasteiger charge is 2.16. The standard InChI is InChI=1S/C19H24FN3O3/c1-14-15(13-22-23(14)17-10-7-6-9-16(17)20)19(26)21-12-8-4-2-3-5-11-18(24)25/h6-7,9-10,13H,2-5,8,11-12H2,1H3,(H,21,26)(H,24,25). The van der Waals surface area contributed by atoms with E-state index >= 15 is 0 Å². The lowest BCUT2D eigenvalue weighted by molar-refractivity contribution is -0.137. The van der Waals surface area contributed by atoms with Crippen LogP contribution in [-0.4, -0.2) is 33.3 Å².